The van der Waals surface area contributed by atoms with Crippen molar-refractivity contribution in [2.45, 2.75) is 19.9 Å². The van der Waals surface area contributed by atoms with Crippen LogP contribution in [0.3, 0.4) is 0 Å². The van der Waals surface area contributed by atoms with Crippen LogP contribution in [0.15, 0.2) is 107 Å². The molecule has 8 heteroatoms. The van der Waals surface area contributed by atoms with Crippen LogP contribution in [0.2, 0.25) is 0 Å². The summed E-state index contributed by atoms with van der Waals surface area (Å²) in [6.45, 7) is 4.12. The quantitative estimate of drug-likeness (QED) is 0.247. The Bertz CT molecular complexity index is 1860. The Labute approximate surface area is 244 Å². The van der Waals surface area contributed by atoms with E-state index in [-0.39, 0.29) is 6.04 Å². The molecule has 0 amide bonds. The van der Waals surface area contributed by atoms with Gasteiger partial charge >= 0.3 is 0 Å². The third-order valence-corrected chi connectivity index (χ3v) is 7.68. The lowest BCUT2D eigenvalue weighted by Gasteiger charge is -2.40. The van der Waals surface area contributed by atoms with Gasteiger partial charge < -0.3 is 19.7 Å². The van der Waals surface area contributed by atoms with Crippen LogP contribution in [0.5, 0.6) is 11.5 Å². The van der Waals surface area contributed by atoms with Gasteiger partial charge in [0.2, 0.25) is 0 Å². The molecule has 3 heterocycles. The summed E-state index contributed by atoms with van der Waals surface area (Å²) in [5.41, 5.74) is 7.80. The van der Waals surface area contributed by atoms with Gasteiger partial charge in [0.05, 0.1) is 43.0 Å². The number of nitrogens with zero attached hydrogens (tertiary/aromatic N) is 5. The molecular weight excluding hydrogens is 524 g/mol. The molecule has 42 heavy (non-hydrogen) atoms. The third-order valence-electron chi connectivity index (χ3n) is 7.68. The SMILES string of the molecule is COc1ccc(C2c3c(C)nn(-c4ccccc4)c3N=C3C(Nc4ccc(C)cc4)=Nc4ccccc4N32)cc1OC. The molecule has 0 saturated carbocycles. The molecule has 0 spiro atoms. The number of rotatable bonds is 5. The predicted octanol–water partition coefficient (Wildman–Crippen LogP) is 7.30. The molecule has 208 valence electrons. The number of amidine groups is 2. The molecule has 1 unspecified atom stereocenters. The summed E-state index contributed by atoms with van der Waals surface area (Å²) >= 11 is 0. The minimum atomic E-state index is -0.267. The zero-order valence-electron chi connectivity index (χ0n) is 23.9. The van der Waals surface area contributed by atoms with Crippen LogP contribution in [0.1, 0.15) is 28.4 Å². The Morgan fingerprint density at radius 2 is 1.50 bits per heavy atom. The number of anilines is 2. The van der Waals surface area contributed by atoms with Gasteiger partial charge in [-0.2, -0.15) is 5.10 Å². The van der Waals surface area contributed by atoms with E-state index >= 15 is 0 Å². The molecule has 2 aliphatic rings. The molecule has 0 fully saturated rings. The number of aliphatic imine (C=N–C) groups is 2. The smallest absolute Gasteiger partial charge is 0.179 e. The molecule has 0 radical (unpaired) electrons. The highest BCUT2D eigenvalue weighted by atomic mass is 16.5. The van der Waals surface area contributed by atoms with E-state index in [1.807, 2.05) is 72.3 Å². The monoisotopic (exact) mass is 554 g/mol. The fourth-order valence-corrected chi connectivity index (χ4v) is 5.66. The van der Waals surface area contributed by atoms with Gasteiger partial charge in [-0.15, -0.1) is 0 Å². The van der Waals surface area contributed by atoms with E-state index < -0.39 is 0 Å². The van der Waals surface area contributed by atoms with E-state index in [9.17, 15) is 0 Å². The maximum atomic E-state index is 5.75. The van der Waals surface area contributed by atoms with Crippen molar-refractivity contribution in [3.63, 3.8) is 0 Å². The van der Waals surface area contributed by atoms with Crippen molar-refractivity contribution < 1.29 is 9.47 Å². The van der Waals surface area contributed by atoms with Gasteiger partial charge in [-0.1, -0.05) is 54.1 Å². The van der Waals surface area contributed by atoms with Crippen molar-refractivity contribution in [1.29, 1.82) is 0 Å². The molecular formula is C34H30N6O2. The molecule has 7 rings (SSSR count). The molecule has 8 nitrogen and oxygen atoms in total. The number of benzene rings is 4. The first-order chi connectivity index (χ1) is 20.6. The fourth-order valence-electron chi connectivity index (χ4n) is 5.66. The summed E-state index contributed by atoms with van der Waals surface area (Å²) in [4.78, 5) is 12.6. The van der Waals surface area contributed by atoms with Gasteiger partial charge in [-0.3, -0.25) is 0 Å². The molecule has 1 atom stereocenters. The largest absolute Gasteiger partial charge is 0.493 e. The van der Waals surface area contributed by atoms with Crippen molar-refractivity contribution >= 4 is 34.6 Å². The van der Waals surface area contributed by atoms with Gasteiger partial charge in [0, 0.05) is 11.3 Å². The molecule has 5 aromatic rings. The minimum Gasteiger partial charge on any atom is -0.493 e. The molecule has 1 N–H and O–H groups in total. The minimum absolute atomic E-state index is 0.267. The van der Waals surface area contributed by atoms with Gasteiger partial charge in [-0.05, 0) is 67.9 Å². The summed E-state index contributed by atoms with van der Waals surface area (Å²) in [7, 11) is 3.31. The van der Waals surface area contributed by atoms with E-state index in [1.165, 1.54) is 5.56 Å². The fraction of sp³-hybridized carbons (Fsp3) is 0.147. The lowest BCUT2D eigenvalue weighted by molar-refractivity contribution is 0.354. The average Bonchev–Trinajstić information content (AvgIpc) is 3.37. The number of para-hydroxylation sites is 3. The number of hydrogen-bond donors (Lipinski definition) is 1. The zero-order chi connectivity index (χ0) is 28.8. The summed E-state index contributed by atoms with van der Waals surface area (Å²) in [6.07, 6.45) is 0. The van der Waals surface area contributed by atoms with Crippen LogP contribution in [0.25, 0.3) is 5.69 Å². The number of aryl methyl sites for hydroxylation is 2. The normalized spacial score (nSPS) is 15.1. The summed E-state index contributed by atoms with van der Waals surface area (Å²) in [5, 5.41) is 8.57. The topological polar surface area (TPSA) is 76.3 Å². The van der Waals surface area contributed by atoms with Crippen LogP contribution in [0, 0.1) is 13.8 Å². The lowest BCUT2D eigenvalue weighted by Crippen LogP contribution is -2.46. The van der Waals surface area contributed by atoms with Crippen LogP contribution in [-0.2, 0) is 0 Å². The maximum Gasteiger partial charge on any atom is 0.179 e. The van der Waals surface area contributed by atoms with E-state index in [4.69, 9.17) is 24.6 Å². The van der Waals surface area contributed by atoms with Crippen molar-refractivity contribution in [3.05, 3.63) is 119 Å². The Balaban J connectivity index is 1.50. The highest BCUT2D eigenvalue weighted by Gasteiger charge is 2.41. The lowest BCUT2D eigenvalue weighted by atomic mass is 9.93. The molecule has 4 aromatic carbocycles. The Kier molecular flexibility index (Phi) is 6.23. The van der Waals surface area contributed by atoms with Crippen LogP contribution in [0.4, 0.5) is 22.9 Å². The van der Waals surface area contributed by atoms with Crippen LogP contribution < -0.4 is 19.7 Å². The maximum absolute atomic E-state index is 5.75. The van der Waals surface area contributed by atoms with E-state index in [2.05, 4.69) is 53.5 Å². The van der Waals surface area contributed by atoms with Gasteiger partial charge in [0.1, 0.15) is 0 Å². The average molecular weight is 555 g/mol. The number of aromatic nitrogens is 2. The first-order valence-electron chi connectivity index (χ1n) is 13.8. The second-order valence-corrected chi connectivity index (χ2v) is 10.3. The summed E-state index contributed by atoms with van der Waals surface area (Å²) in [6, 6.07) is 32.3. The predicted molar refractivity (Wildman–Crippen MR) is 168 cm³/mol. The highest BCUT2D eigenvalue weighted by molar-refractivity contribution is 6.51. The Morgan fingerprint density at radius 1 is 0.762 bits per heavy atom. The zero-order valence-corrected chi connectivity index (χ0v) is 23.9. The van der Waals surface area contributed by atoms with Crippen molar-refractivity contribution in [2.24, 2.45) is 9.98 Å². The molecule has 0 aliphatic carbocycles. The van der Waals surface area contributed by atoms with E-state index in [1.54, 1.807) is 14.2 Å². The molecule has 0 bridgehead atoms. The number of nitrogens with one attached hydrogen (secondary N) is 1. The first-order valence-corrected chi connectivity index (χ1v) is 13.8. The summed E-state index contributed by atoms with van der Waals surface area (Å²) < 4.78 is 13.2. The molecule has 0 saturated heterocycles. The first kappa shape index (κ1) is 25.6. The van der Waals surface area contributed by atoms with Crippen molar-refractivity contribution in [2.75, 3.05) is 24.4 Å². The second-order valence-electron chi connectivity index (χ2n) is 10.3. The number of fused-ring (bicyclic) bond motifs is 4. The summed E-state index contributed by atoms with van der Waals surface area (Å²) in [5.74, 6) is 3.46. The molecule has 1 aromatic heterocycles. The second kappa shape index (κ2) is 10.2. The van der Waals surface area contributed by atoms with Crippen molar-refractivity contribution in [1.82, 2.24) is 9.78 Å². The van der Waals surface area contributed by atoms with Gasteiger partial charge in [0.25, 0.3) is 0 Å². The standard InChI is InChI=1S/C34H30N6O2/c1-21-14-17-24(18-15-21)35-32-34-37-33-30(22(2)38-40(33)25-10-6-5-7-11-25)31(23-16-19-28(41-3)29(20-23)42-4)39(34)27-13-9-8-12-26(27)36-32/h5-20,31H,1-4H3,(H,35,36). The number of methoxy groups -OCH3 is 2. The third kappa shape index (κ3) is 4.19. The van der Waals surface area contributed by atoms with E-state index in [0.717, 1.165) is 45.4 Å². The van der Waals surface area contributed by atoms with Crippen molar-refractivity contribution in [3.8, 4) is 17.2 Å². The van der Waals surface area contributed by atoms with E-state index in [0.29, 0.717) is 23.2 Å². The van der Waals surface area contributed by atoms with Crippen LogP contribution >= 0.6 is 0 Å². The van der Waals surface area contributed by atoms with Gasteiger partial charge in [0.15, 0.2) is 29.0 Å². The number of hydrogen-bond acceptors (Lipinski definition) is 7. The number of ether oxygens (including phenoxy) is 2. The highest BCUT2D eigenvalue weighted by Crippen LogP contribution is 2.49. The van der Waals surface area contributed by atoms with Crippen LogP contribution in [-0.4, -0.2) is 35.7 Å². The Hall–Kier alpha value is -5.37. The molecule has 2 aliphatic heterocycles. The Morgan fingerprint density at radius 3 is 2.26 bits per heavy atom. The van der Waals surface area contributed by atoms with Gasteiger partial charge in [-0.25, -0.2) is 14.7 Å².